The van der Waals surface area contributed by atoms with E-state index in [0.29, 0.717) is 17.5 Å². The van der Waals surface area contributed by atoms with E-state index in [0.717, 1.165) is 22.3 Å². The number of fused-ring (bicyclic) bond motifs is 10. The molecule has 8 aromatic rings. The molecule has 0 radical (unpaired) electrons. The van der Waals surface area contributed by atoms with Gasteiger partial charge in [-0.05, 0) is 67.8 Å². The van der Waals surface area contributed by atoms with Gasteiger partial charge in [0.1, 0.15) is 0 Å². The number of aromatic nitrogens is 3. The van der Waals surface area contributed by atoms with Crippen molar-refractivity contribution in [2.45, 2.75) is 25.1 Å². The summed E-state index contributed by atoms with van der Waals surface area (Å²) in [4.78, 5) is 15.0. The van der Waals surface area contributed by atoms with Crippen LogP contribution in [0.1, 0.15) is 22.3 Å². The fourth-order valence-electron chi connectivity index (χ4n) is 8.56. The van der Waals surface area contributed by atoms with Crippen molar-refractivity contribution in [2.75, 3.05) is 0 Å². The van der Waals surface area contributed by atoms with Gasteiger partial charge < -0.3 is 0 Å². The highest BCUT2D eigenvalue weighted by Crippen LogP contribution is 2.63. The highest BCUT2D eigenvalue weighted by molar-refractivity contribution is 6.88. The number of hydrogen-bond acceptors (Lipinski definition) is 3. The minimum absolute atomic E-state index is 0.398. The summed E-state index contributed by atoms with van der Waals surface area (Å²) in [7, 11) is -1.60. The van der Waals surface area contributed by atoms with Crippen molar-refractivity contribution in [3.63, 3.8) is 0 Å². The zero-order valence-corrected chi connectivity index (χ0v) is 31.0. The molecular formula is C49H37N3Si. The lowest BCUT2D eigenvalue weighted by Gasteiger charge is -2.31. The lowest BCUT2D eigenvalue weighted by Crippen LogP contribution is -2.38. The van der Waals surface area contributed by atoms with Crippen LogP contribution in [0.3, 0.4) is 0 Å². The van der Waals surface area contributed by atoms with Gasteiger partial charge in [0, 0.05) is 16.7 Å². The normalized spacial score (nSPS) is 13.3. The zero-order valence-electron chi connectivity index (χ0n) is 30.0. The predicted molar refractivity (Wildman–Crippen MR) is 221 cm³/mol. The summed E-state index contributed by atoms with van der Waals surface area (Å²) in [6.45, 7) is 7.34. The molecule has 0 amide bonds. The molecule has 7 aromatic carbocycles. The standard InChI is InChI=1S/C49H37N3Si/c1-53(2,3)37-26-28-41-40-27-25-35(30-44(40)49(45(41)31-37)42-23-12-10-21-38(42)39-22-11-13-24-43(39)49)34-19-14-20-36(29-34)48-51-46(32-15-6-4-7-16-32)50-47(52-48)33-17-8-5-9-18-33/h4-31H,1-3H3. The molecule has 4 heteroatoms. The van der Waals surface area contributed by atoms with E-state index >= 15 is 0 Å². The van der Waals surface area contributed by atoms with Crippen molar-refractivity contribution in [1.82, 2.24) is 15.0 Å². The number of nitrogens with zero attached hydrogens (tertiary/aromatic N) is 3. The Kier molecular flexibility index (Phi) is 7.08. The van der Waals surface area contributed by atoms with Gasteiger partial charge in [-0.1, -0.05) is 183 Å². The summed E-state index contributed by atoms with van der Waals surface area (Å²) in [5.74, 6) is 1.98. The SMILES string of the molecule is C[Si](C)(C)c1ccc2c(c1)C1(c3ccccc3-c3ccccc31)c1cc(-c3cccc(-c4nc(-c5ccccc5)nc(-c5ccccc5)n4)c3)ccc1-2. The molecule has 0 bridgehead atoms. The van der Waals surface area contributed by atoms with Crippen LogP contribution in [0.5, 0.6) is 0 Å². The molecule has 2 aliphatic carbocycles. The van der Waals surface area contributed by atoms with Gasteiger partial charge in [0.15, 0.2) is 17.5 Å². The molecule has 0 atom stereocenters. The number of rotatable bonds is 5. The summed E-state index contributed by atoms with van der Waals surface area (Å²) in [5.41, 5.74) is 15.6. The summed E-state index contributed by atoms with van der Waals surface area (Å²) < 4.78 is 0. The van der Waals surface area contributed by atoms with Gasteiger partial charge in [0.05, 0.1) is 13.5 Å². The summed E-state index contributed by atoms with van der Waals surface area (Å²) >= 11 is 0. The van der Waals surface area contributed by atoms with E-state index in [1.807, 2.05) is 36.4 Å². The van der Waals surface area contributed by atoms with Crippen molar-refractivity contribution in [1.29, 1.82) is 0 Å². The lowest BCUT2D eigenvalue weighted by molar-refractivity contribution is 0.795. The highest BCUT2D eigenvalue weighted by Gasteiger charge is 2.51. The van der Waals surface area contributed by atoms with Crippen molar-refractivity contribution in [3.8, 4) is 67.5 Å². The third-order valence-corrected chi connectivity index (χ3v) is 13.2. The van der Waals surface area contributed by atoms with E-state index in [1.54, 1.807) is 0 Å². The smallest absolute Gasteiger partial charge is 0.164 e. The molecule has 1 heterocycles. The average Bonchev–Trinajstić information content (AvgIpc) is 3.68. The minimum atomic E-state index is -1.60. The highest BCUT2D eigenvalue weighted by atomic mass is 28.3. The third kappa shape index (κ3) is 4.90. The van der Waals surface area contributed by atoms with Crippen LogP contribution in [0.15, 0.2) is 170 Å². The maximum absolute atomic E-state index is 5.04. The quantitative estimate of drug-likeness (QED) is 0.168. The fraction of sp³-hybridized carbons (Fsp3) is 0.0816. The topological polar surface area (TPSA) is 38.7 Å². The molecule has 0 aliphatic heterocycles. The first kappa shape index (κ1) is 31.5. The van der Waals surface area contributed by atoms with Crippen molar-refractivity contribution >= 4 is 13.3 Å². The van der Waals surface area contributed by atoms with Crippen molar-refractivity contribution < 1.29 is 0 Å². The lowest BCUT2D eigenvalue weighted by atomic mass is 9.70. The minimum Gasteiger partial charge on any atom is -0.208 e. The Hall–Kier alpha value is -6.23. The molecule has 252 valence electrons. The van der Waals surface area contributed by atoms with Gasteiger partial charge in [-0.3, -0.25) is 0 Å². The van der Waals surface area contributed by atoms with Crippen molar-refractivity contribution in [2.24, 2.45) is 0 Å². The van der Waals surface area contributed by atoms with Gasteiger partial charge in [0.25, 0.3) is 0 Å². The average molecular weight is 696 g/mol. The molecule has 10 rings (SSSR count). The first-order chi connectivity index (χ1) is 25.9. The third-order valence-electron chi connectivity index (χ3n) is 11.1. The van der Waals surface area contributed by atoms with E-state index in [1.165, 1.54) is 55.3 Å². The second kappa shape index (κ2) is 11.9. The summed E-state index contributed by atoms with van der Waals surface area (Å²) in [6.07, 6.45) is 0. The Morgan fingerprint density at radius 3 is 1.36 bits per heavy atom. The molecule has 0 saturated carbocycles. The van der Waals surface area contributed by atoms with Crippen LogP contribution in [-0.2, 0) is 5.41 Å². The molecule has 0 unspecified atom stereocenters. The largest absolute Gasteiger partial charge is 0.208 e. The fourth-order valence-corrected chi connectivity index (χ4v) is 9.72. The van der Waals surface area contributed by atoms with Crippen LogP contribution < -0.4 is 5.19 Å². The number of hydrogen-bond donors (Lipinski definition) is 0. The Labute approximate surface area is 311 Å². The molecule has 1 spiro atoms. The van der Waals surface area contributed by atoms with Crippen LogP contribution in [0.25, 0.3) is 67.5 Å². The van der Waals surface area contributed by atoms with E-state index in [-0.39, 0.29) is 0 Å². The summed E-state index contributed by atoms with van der Waals surface area (Å²) in [6, 6.07) is 61.5. The molecule has 3 nitrogen and oxygen atoms in total. The van der Waals surface area contributed by atoms with Crippen LogP contribution in [0.2, 0.25) is 19.6 Å². The second-order valence-electron chi connectivity index (χ2n) is 15.2. The van der Waals surface area contributed by atoms with Gasteiger partial charge in [-0.2, -0.15) is 0 Å². The Morgan fingerprint density at radius 2 is 0.774 bits per heavy atom. The first-order valence-corrected chi connectivity index (χ1v) is 21.9. The Morgan fingerprint density at radius 1 is 0.340 bits per heavy atom. The number of benzene rings is 7. The predicted octanol–water partition coefficient (Wildman–Crippen LogP) is 11.4. The second-order valence-corrected chi connectivity index (χ2v) is 20.3. The molecule has 0 N–H and O–H groups in total. The van der Waals surface area contributed by atoms with Crippen LogP contribution in [0.4, 0.5) is 0 Å². The van der Waals surface area contributed by atoms with Crippen LogP contribution in [-0.4, -0.2) is 23.0 Å². The van der Waals surface area contributed by atoms with Crippen LogP contribution >= 0.6 is 0 Å². The molecule has 1 aromatic heterocycles. The van der Waals surface area contributed by atoms with Crippen molar-refractivity contribution in [3.05, 3.63) is 192 Å². The molecule has 53 heavy (non-hydrogen) atoms. The molecule has 2 aliphatic rings. The van der Waals surface area contributed by atoms with E-state index in [4.69, 9.17) is 15.0 Å². The summed E-state index contributed by atoms with van der Waals surface area (Å²) in [5, 5.41) is 1.49. The van der Waals surface area contributed by atoms with Gasteiger partial charge in [-0.15, -0.1) is 0 Å². The molecule has 0 saturated heterocycles. The monoisotopic (exact) mass is 695 g/mol. The van der Waals surface area contributed by atoms with Gasteiger partial charge >= 0.3 is 0 Å². The van der Waals surface area contributed by atoms with Gasteiger partial charge in [0.2, 0.25) is 0 Å². The van der Waals surface area contributed by atoms with Crippen LogP contribution in [0, 0.1) is 0 Å². The maximum atomic E-state index is 5.04. The first-order valence-electron chi connectivity index (χ1n) is 18.4. The van der Waals surface area contributed by atoms with E-state index in [9.17, 15) is 0 Å². The van der Waals surface area contributed by atoms with Gasteiger partial charge in [-0.25, -0.2) is 15.0 Å². The maximum Gasteiger partial charge on any atom is 0.164 e. The van der Waals surface area contributed by atoms with E-state index < -0.39 is 13.5 Å². The molecular weight excluding hydrogens is 659 g/mol. The van der Waals surface area contributed by atoms with E-state index in [2.05, 4.69) is 153 Å². The Bertz CT molecular complexity index is 2610. The zero-order chi connectivity index (χ0) is 35.7. The Balaban J connectivity index is 1.17. The molecule has 0 fully saturated rings.